The van der Waals surface area contributed by atoms with Crippen LogP contribution in [0.3, 0.4) is 0 Å². The molecule has 20 heavy (non-hydrogen) atoms. The van der Waals surface area contributed by atoms with Gasteiger partial charge in [-0.2, -0.15) is 0 Å². The van der Waals surface area contributed by atoms with E-state index in [0.717, 1.165) is 38.9 Å². The first kappa shape index (κ1) is 14.8. The number of rotatable bonds is 4. The zero-order valence-corrected chi connectivity index (χ0v) is 11.7. The molecule has 0 aliphatic carbocycles. The Morgan fingerprint density at radius 1 is 1.45 bits per heavy atom. The molecule has 1 aromatic rings. The van der Waals surface area contributed by atoms with Crippen molar-refractivity contribution in [3.05, 3.63) is 29.6 Å². The van der Waals surface area contributed by atoms with Gasteiger partial charge in [0.15, 0.2) is 0 Å². The Morgan fingerprint density at radius 3 is 2.75 bits per heavy atom. The van der Waals surface area contributed by atoms with Crippen LogP contribution < -0.4 is 5.32 Å². The Kier molecular flexibility index (Phi) is 4.95. The van der Waals surface area contributed by atoms with Crippen LogP contribution in [-0.2, 0) is 0 Å². The van der Waals surface area contributed by atoms with Crippen LogP contribution >= 0.6 is 0 Å². The quantitative estimate of drug-likeness (QED) is 0.888. The third kappa shape index (κ3) is 3.48. The molecular formula is C15H21FN2O2. The summed E-state index contributed by atoms with van der Waals surface area (Å²) in [5, 5.41) is 12.4. The molecule has 0 bridgehead atoms. The average Bonchev–Trinajstić information content (AvgIpc) is 2.41. The third-order valence-electron chi connectivity index (χ3n) is 3.68. The Labute approximate surface area is 118 Å². The summed E-state index contributed by atoms with van der Waals surface area (Å²) in [5.41, 5.74) is -0.261. The second-order valence-electron chi connectivity index (χ2n) is 5.22. The number of nitrogens with zero attached hydrogens (tertiary/aromatic N) is 1. The zero-order valence-electron chi connectivity index (χ0n) is 11.7. The average molecular weight is 280 g/mol. The van der Waals surface area contributed by atoms with E-state index in [-0.39, 0.29) is 17.4 Å². The van der Waals surface area contributed by atoms with E-state index in [1.807, 2.05) is 0 Å². The standard InChI is InChI=1S/C15H21FN2O2/c1-2-8-18-9-6-11(7-10-18)17-15(20)14-12(16)4-3-5-13(14)19/h3-5,11,19H,2,6-10H2,1H3,(H,17,20). The Bertz CT molecular complexity index is 451. The van der Waals surface area contributed by atoms with Crippen LogP contribution in [0.25, 0.3) is 0 Å². The van der Waals surface area contributed by atoms with E-state index < -0.39 is 11.7 Å². The molecule has 1 aliphatic heterocycles. The fraction of sp³-hybridized carbons (Fsp3) is 0.533. The van der Waals surface area contributed by atoms with Crippen molar-refractivity contribution in [3.63, 3.8) is 0 Å². The maximum atomic E-state index is 13.6. The molecule has 1 amide bonds. The molecular weight excluding hydrogens is 259 g/mol. The van der Waals surface area contributed by atoms with E-state index in [2.05, 4.69) is 17.1 Å². The van der Waals surface area contributed by atoms with Gasteiger partial charge in [0, 0.05) is 19.1 Å². The first-order valence-electron chi connectivity index (χ1n) is 7.12. The number of carbonyl (C=O) groups excluding carboxylic acids is 1. The van der Waals surface area contributed by atoms with Crippen molar-refractivity contribution in [1.82, 2.24) is 10.2 Å². The van der Waals surface area contributed by atoms with Gasteiger partial charge in [-0.05, 0) is 37.9 Å². The minimum Gasteiger partial charge on any atom is -0.507 e. The highest BCUT2D eigenvalue weighted by Crippen LogP contribution is 2.20. The van der Waals surface area contributed by atoms with Gasteiger partial charge in [-0.15, -0.1) is 0 Å². The number of hydrogen-bond donors (Lipinski definition) is 2. The monoisotopic (exact) mass is 280 g/mol. The molecule has 2 N–H and O–H groups in total. The maximum Gasteiger partial charge on any atom is 0.258 e. The van der Waals surface area contributed by atoms with E-state index in [4.69, 9.17) is 0 Å². The molecule has 0 saturated carbocycles. The maximum absolute atomic E-state index is 13.6. The number of nitrogens with one attached hydrogen (secondary N) is 1. The molecule has 1 fully saturated rings. The van der Waals surface area contributed by atoms with E-state index in [9.17, 15) is 14.3 Å². The Hall–Kier alpha value is -1.62. The minimum atomic E-state index is -0.689. The summed E-state index contributed by atoms with van der Waals surface area (Å²) in [6.45, 7) is 5.12. The van der Waals surface area contributed by atoms with Crippen LogP contribution in [0.2, 0.25) is 0 Å². The lowest BCUT2D eigenvalue weighted by Gasteiger charge is -2.32. The summed E-state index contributed by atoms with van der Waals surface area (Å²) in [7, 11) is 0. The highest BCUT2D eigenvalue weighted by atomic mass is 19.1. The number of likely N-dealkylation sites (tertiary alicyclic amines) is 1. The van der Waals surface area contributed by atoms with Crippen molar-refractivity contribution in [2.75, 3.05) is 19.6 Å². The number of halogens is 1. The minimum absolute atomic E-state index is 0.0506. The van der Waals surface area contributed by atoms with Gasteiger partial charge in [-0.25, -0.2) is 4.39 Å². The molecule has 4 nitrogen and oxygen atoms in total. The highest BCUT2D eigenvalue weighted by Gasteiger charge is 2.23. The first-order chi connectivity index (χ1) is 9.61. The van der Waals surface area contributed by atoms with Gasteiger partial charge >= 0.3 is 0 Å². The topological polar surface area (TPSA) is 52.6 Å². The van der Waals surface area contributed by atoms with Crippen LogP contribution in [0.15, 0.2) is 18.2 Å². The molecule has 1 aliphatic rings. The molecule has 0 aromatic heterocycles. The van der Waals surface area contributed by atoms with E-state index in [1.54, 1.807) is 0 Å². The lowest BCUT2D eigenvalue weighted by atomic mass is 10.0. The van der Waals surface area contributed by atoms with Gasteiger partial charge in [0.1, 0.15) is 17.1 Å². The van der Waals surface area contributed by atoms with Crippen molar-refractivity contribution in [3.8, 4) is 5.75 Å². The molecule has 1 saturated heterocycles. The number of amides is 1. The second-order valence-corrected chi connectivity index (χ2v) is 5.22. The van der Waals surface area contributed by atoms with E-state index >= 15 is 0 Å². The number of carbonyl (C=O) groups is 1. The summed E-state index contributed by atoms with van der Waals surface area (Å²) in [4.78, 5) is 14.4. The number of aromatic hydroxyl groups is 1. The first-order valence-corrected chi connectivity index (χ1v) is 7.12. The van der Waals surface area contributed by atoms with E-state index in [1.165, 1.54) is 18.2 Å². The molecule has 0 unspecified atom stereocenters. The molecule has 2 rings (SSSR count). The van der Waals surface area contributed by atoms with Gasteiger partial charge in [0.05, 0.1) is 0 Å². The van der Waals surface area contributed by atoms with Gasteiger partial charge < -0.3 is 15.3 Å². The summed E-state index contributed by atoms with van der Waals surface area (Å²) >= 11 is 0. The fourth-order valence-corrected chi connectivity index (χ4v) is 2.61. The predicted octanol–water partition coefficient (Wildman–Crippen LogP) is 2.14. The summed E-state index contributed by atoms with van der Waals surface area (Å²) < 4.78 is 13.6. The molecule has 0 radical (unpaired) electrons. The van der Waals surface area contributed by atoms with Crippen LogP contribution in [0.5, 0.6) is 5.75 Å². The molecule has 5 heteroatoms. The molecule has 0 spiro atoms. The number of benzene rings is 1. The van der Waals surface area contributed by atoms with Crippen LogP contribution in [0.4, 0.5) is 4.39 Å². The summed E-state index contributed by atoms with van der Waals surface area (Å²) in [6.07, 6.45) is 2.85. The SMILES string of the molecule is CCCN1CCC(NC(=O)c2c(O)cccc2F)CC1. The molecule has 0 atom stereocenters. The van der Waals surface area contributed by atoms with Gasteiger partial charge in [-0.1, -0.05) is 13.0 Å². The summed E-state index contributed by atoms with van der Waals surface area (Å²) in [5.74, 6) is -1.54. The highest BCUT2D eigenvalue weighted by molar-refractivity contribution is 5.97. The largest absolute Gasteiger partial charge is 0.507 e. The number of phenolic OH excluding ortho intramolecular Hbond substituents is 1. The Balaban J connectivity index is 1.93. The van der Waals surface area contributed by atoms with E-state index in [0.29, 0.717) is 0 Å². The third-order valence-corrected chi connectivity index (χ3v) is 3.68. The molecule has 110 valence electrons. The normalized spacial score (nSPS) is 17.1. The molecule has 1 heterocycles. The van der Waals surface area contributed by atoms with Crippen LogP contribution in [0, 0.1) is 5.82 Å². The number of hydrogen-bond acceptors (Lipinski definition) is 3. The lowest BCUT2D eigenvalue weighted by Crippen LogP contribution is -2.44. The van der Waals surface area contributed by atoms with Crippen molar-refractivity contribution < 1.29 is 14.3 Å². The van der Waals surface area contributed by atoms with Crippen LogP contribution in [-0.4, -0.2) is 41.6 Å². The number of phenols is 1. The van der Waals surface area contributed by atoms with Crippen molar-refractivity contribution >= 4 is 5.91 Å². The molecule has 1 aromatic carbocycles. The van der Waals surface area contributed by atoms with Gasteiger partial charge in [-0.3, -0.25) is 4.79 Å². The second kappa shape index (κ2) is 6.70. The van der Waals surface area contributed by atoms with Crippen molar-refractivity contribution in [1.29, 1.82) is 0 Å². The van der Waals surface area contributed by atoms with Crippen molar-refractivity contribution in [2.45, 2.75) is 32.2 Å². The van der Waals surface area contributed by atoms with Gasteiger partial charge in [0.25, 0.3) is 5.91 Å². The van der Waals surface area contributed by atoms with Gasteiger partial charge in [0.2, 0.25) is 0 Å². The van der Waals surface area contributed by atoms with Crippen molar-refractivity contribution in [2.24, 2.45) is 0 Å². The number of piperidine rings is 1. The zero-order chi connectivity index (χ0) is 14.5. The summed E-state index contributed by atoms with van der Waals surface area (Å²) in [6, 6.07) is 3.93. The predicted molar refractivity (Wildman–Crippen MR) is 75.3 cm³/mol. The Morgan fingerprint density at radius 2 is 2.15 bits per heavy atom. The fourth-order valence-electron chi connectivity index (χ4n) is 2.61. The van der Waals surface area contributed by atoms with Crippen LogP contribution in [0.1, 0.15) is 36.5 Å². The lowest BCUT2D eigenvalue weighted by molar-refractivity contribution is 0.0904. The smallest absolute Gasteiger partial charge is 0.258 e.